The van der Waals surface area contributed by atoms with Crippen molar-refractivity contribution < 1.29 is 19.4 Å². The van der Waals surface area contributed by atoms with E-state index in [2.05, 4.69) is 5.32 Å². The van der Waals surface area contributed by atoms with Crippen molar-refractivity contribution in [3.63, 3.8) is 0 Å². The van der Waals surface area contributed by atoms with Crippen molar-refractivity contribution >= 4 is 6.09 Å². The lowest BCUT2D eigenvalue weighted by molar-refractivity contribution is 0.200. The van der Waals surface area contributed by atoms with Crippen LogP contribution in [0.3, 0.4) is 0 Å². The highest BCUT2D eigenvalue weighted by atomic mass is 16.6. The summed E-state index contributed by atoms with van der Waals surface area (Å²) in [7, 11) is 1.49. The van der Waals surface area contributed by atoms with Crippen LogP contribution in [0, 0.1) is 0 Å². The van der Waals surface area contributed by atoms with Crippen LogP contribution in [0.1, 0.15) is 0 Å². The van der Waals surface area contributed by atoms with Gasteiger partial charge < -0.3 is 19.9 Å². The van der Waals surface area contributed by atoms with Gasteiger partial charge in [0.15, 0.2) is 0 Å². The number of benzene rings is 1. The zero-order valence-electron chi connectivity index (χ0n) is 8.40. The lowest BCUT2D eigenvalue weighted by Crippen LogP contribution is -2.21. The standard InChI is InChI=1S/C10H13NO4/c1-11-10(13)15-9-4-2-8(3-5-9)14-7-6-12/h2-5,12H,6-7H2,1H3,(H,11,13). The summed E-state index contributed by atoms with van der Waals surface area (Å²) in [6, 6.07) is 6.55. The van der Waals surface area contributed by atoms with Gasteiger partial charge in [0.05, 0.1) is 6.61 Å². The minimum atomic E-state index is -0.515. The first kappa shape index (κ1) is 11.3. The average molecular weight is 211 g/mol. The molecule has 0 aliphatic rings. The molecule has 0 aromatic heterocycles. The molecule has 0 aliphatic heterocycles. The minimum Gasteiger partial charge on any atom is -0.491 e. The van der Waals surface area contributed by atoms with Gasteiger partial charge in [0.1, 0.15) is 18.1 Å². The van der Waals surface area contributed by atoms with Crippen LogP contribution in [-0.2, 0) is 0 Å². The first-order valence-electron chi connectivity index (χ1n) is 4.49. The molecular weight excluding hydrogens is 198 g/mol. The fraction of sp³-hybridized carbons (Fsp3) is 0.300. The maximum Gasteiger partial charge on any atom is 0.412 e. The number of aliphatic hydroxyl groups is 1. The monoisotopic (exact) mass is 211 g/mol. The Morgan fingerprint density at radius 2 is 1.93 bits per heavy atom. The number of hydrogen-bond donors (Lipinski definition) is 2. The van der Waals surface area contributed by atoms with Gasteiger partial charge in [-0.2, -0.15) is 0 Å². The zero-order valence-corrected chi connectivity index (χ0v) is 8.40. The Labute approximate surface area is 87.6 Å². The summed E-state index contributed by atoms with van der Waals surface area (Å²) in [5.74, 6) is 1.05. The highest BCUT2D eigenvalue weighted by molar-refractivity contribution is 5.69. The molecule has 0 saturated carbocycles. The second-order valence-electron chi connectivity index (χ2n) is 2.68. The molecule has 5 heteroatoms. The number of nitrogens with one attached hydrogen (secondary N) is 1. The lowest BCUT2D eigenvalue weighted by Gasteiger charge is -2.05. The summed E-state index contributed by atoms with van der Waals surface area (Å²) in [4.78, 5) is 10.8. The van der Waals surface area contributed by atoms with E-state index in [1.54, 1.807) is 24.3 Å². The number of ether oxygens (including phenoxy) is 2. The van der Waals surface area contributed by atoms with Crippen LogP contribution in [0.25, 0.3) is 0 Å². The molecule has 0 unspecified atom stereocenters. The van der Waals surface area contributed by atoms with E-state index in [0.717, 1.165) is 0 Å². The molecule has 15 heavy (non-hydrogen) atoms. The van der Waals surface area contributed by atoms with Gasteiger partial charge in [-0.25, -0.2) is 4.79 Å². The fourth-order valence-electron chi connectivity index (χ4n) is 0.925. The topological polar surface area (TPSA) is 67.8 Å². The maximum atomic E-state index is 10.8. The predicted octanol–water partition coefficient (Wildman–Crippen LogP) is 0.776. The molecule has 0 fully saturated rings. The molecule has 0 bridgehead atoms. The van der Waals surface area contributed by atoms with Crippen LogP contribution in [0.2, 0.25) is 0 Å². The summed E-state index contributed by atoms with van der Waals surface area (Å²) in [6.07, 6.45) is -0.515. The normalized spacial score (nSPS) is 9.47. The Hall–Kier alpha value is -1.75. The third-order valence-corrected chi connectivity index (χ3v) is 1.60. The quantitative estimate of drug-likeness (QED) is 0.772. The van der Waals surface area contributed by atoms with Crippen molar-refractivity contribution in [2.75, 3.05) is 20.3 Å². The number of carbonyl (C=O) groups excluding carboxylic acids is 1. The van der Waals surface area contributed by atoms with E-state index in [0.29, 0.717) is 11.5 Å². The molecule has 5 nitrogen and oxygen atoms in total. The number of amides is 1. The van der Waals surface area contributed by atoms with E-state index in [1.807, 2.05) is 0 Å². The van der Waals surface area contributed by atoms with Crippen LogP contribution >= 0.6 is 0 Å². The van der Waals surface area contributed by atoms with Gasteiger partial charge in [0.2, 0.25) is 0 Å². The number of aliphatic hydroxyl groups excluding tert-OH is 1. The Bertz CT molecular complexity index is 310. The van der Waals surface area contributed by atoms with Crippen LogP contribution in [0.15, 0.2) is 24.3 Å². The molecule has 2 N–H and O–H groups in total. The third kappa shape index (κ3) is 3.86. The molecule has 0 heterocycles. The van der Waals surface area contributed by atoms with E-state index in [-0.39, 0.29) is 13.2 Å². The van der Waals surface area contributed by atoms with Gasteiger partial charge >= 0.3 is 6.09 Å². The van der Waals surface area contributed by atoms with E-state index >= 15 is 0 Å². The first-order chi connectivity index (χ1) is 7.26. The van der Waals surface area contributed by atoms with E-state index in [9.17, 15) is 4.79 Å². The van der Waals surface area contributed by atoms with Gasteiger partial charge in [0, 0.05) is 7.05 Å². The SMILES string of the molecule is CNC(=O)Oc1ccc(OCCO)cc1. The number of rotatable bonds is 4. The summed E-state index contributed by atoms with van der Waals surface area (Å²) in [6.45, 7) is 0.214. The van der Waals surface area contributed by atoms with E-state index in [1.165, 1.54) is 7.05 Å². The molecule has 0 atom stereocenters. The first-order valence-corrected chi connectivity index (χ1v) is 4.49. The smallest absolute Gasteiger partial charge is 0.412 e. The van der Waals surface area contributed by atoms with Crippen molar-refractivity contribution in [3.8, 4) is 11.5 Å². The Balaban J connectivity index is 2.52. The Morgan fingerprint density at radius 1 is 1.33 bits per heavy atom. The molecule has 1 rings (SSSR count). The highest BCUT2D eigenvalue weighted by Crippen LogP contribution is 2.17. The Kier molecular flexibility index (Phi) is 4.43. The van der Waals surface area contributed by atoms with Crippen molar-refractivity contribution in [1.29, 1.82) is 0 Å². The van der Waals surface area contributed by atoms with Crippen LogP contribution in [0.5, 0.6) is 11.5 Å². The van der Waals surface area contributed by atoms with Crippen LogP contribution in [0.4, 0.5) is 4.79 Å². The lowest BCUT2D eigenvalue weighted by atomic mass is 10.3. The molecule has 0 aliphatic carbocycles. The highest BCUT2D eigenvalue weighted by Gasteiger charge is 2.00. The van der Waals surface area contributed by atoms with E-state index < -0.39 is 6.09 Å². The van der Waals surface area contributed by atoms with Gasteiger partial charge in [-0.3, -0.25) is 0 Å². The predicted molar refractivity (Wildman–Crippen MR) is 54.1 cm³/mol. The molecule has 0 spiro atoms. The van der Waals surface area contributed by atoms with Crippen molar-refractivity contribution in [2.45, 2.75) is 0 Å². The van der Waals surface area contributed by atoms with Crippen molar-refractivity contribution in [2.24, 2.45) is 0 Å². The summed E-state index contributed by atoms with van der Waals surface area (Å²) >= 11 is 0. The second-order valence-corrected chi connectivity index (χ2v) is 2.68. The summed E-state index contributed by atoms with van der Waals surface area (Å²) in [5, 5.41) is 10.9. The largest absolute Gasteiger partial charge is 0.491 e. The molecule has 0 saturated heterocycles. The van der Waals surface area contributed by atoms with Crippen molar-refractivity contribution in [1.82, 2.24) is 5.32 Å². The van der Waals surface area contributed by atoms with Gasteiger partial charge in [0.25, 0.3) is 0 Å². The number of hydrogen-bond acceptors (Lipinski definition) is 4. The summed E-state index contributed by atoms with van der Waals surface area (Å²) in [5.41, 5.74) is 0. The Morgan fingerprint density at radius 3 is 2.47 bits per heavy atom. The molecule has 1 aromatic carbocycles. The average Bonchev–Trinajstić information content (AvgIpc) is 2.28. The minimum absolute atomic E-state index is 0.0313. The molecule has 1 amide bonds. The number of carbonyl (C=O) groups is 1. The fourth-order valence-corrected chi connectivity index (χ4v) is 0.925. The second kappa shape index (κ2) is 5.87. The van der Waals surface area contributed by atoms with Crippen molar-refractivity contribution in [3.05, 3.63) is 24.3 Å². The van der Waals surface area contributed by atoms with E-state index in [4.69, 9.17) is 14.6 Å². The molecule has 1 aromatic rings. The zero-order chi connectivity index (χ0) is 11.1. The van der Waals surface area contributed by atoms with Crippen LogP contribution < -0.4 is 14.8 Å². The molecule has 0 radical (unpaired) electrons. The van der Waals surface area contributed by atoms with Crippen LogP contribution in [-0.4, -0.2) is 31.5 Å². The maximum absolute atomic E-state index is 10.8. The van der Waals surface area contributed by atoms with Gasteiger partial charge in [-0.05, 0) is 24.3 Å². The molecule has 82 valence electrons. The third-order valence-electron chi connectivity index (χ3n) is 1.60. The van der Waals surface area contributed by atoms with Gasteiger partial charge in [-0.1, -0.05) is 0 Å². The van der Waals surface area contributed by atoms with Gasteiger partial charge in [-0.15, -0.1) is 0 Å². The summed E-state index contributed by atoms with van der Waals surface area (Å²) < 4.78 is 10.0. The molecular formula is C10H13NO4.